The molecule has 1 aromatic carbocycles. The molecule has 1 nitrogen and oxygen atoms in total. The van der Waals surface area contributed by atoms with E-state index in [1.807, 2.05) is 30.3 Å². The van der Waals surface area contributed by atoms with Gasteiger partial charge in [0.2, 0.25) is 0 Å². The number of halogens is 1. The lowest BCUT2D eigenvalue weighted by Gasteiger charge is -2.21. The summed E-state index contributed by atoms with van der Waals surface area (Å²) in [5, 5.41) is 0. The third kappa shape index (κ3) is 2.87. The van der Waals surface area contributed by atoms with Crippen LogP contribution in [0.2, 0.25) is 13.1 Å². The summed E-state index contributed by atoms with van der Waals surface area (Å²) in [6.07, 6.45) is 0. The molecule has 0 unspecified atom stereocenters. The summed E-state index contributed by atoms with van der Waals surface area (Å²) in [6.45, 7) is 4.21. The zero-order valence-electron chi connectivity index (χ0n) is 7.38. The second kappa shape index (κ2) is 3.96. The number of benzene rings is 1. The molecule has 1 rings (SSSR count). The Labute approximate surface area is 79.4 Å². The molecule has 0 bridgehead atoms. The zero-order chi connectivity index (χ0) is 9.03. The zero-order valence-corrected chi connectivity index (χ0v) is 9.14. The summed E-state index contributed by atoms with van der Waals surface area (Å²) in [6, 6.07) is 9.83. The fraction of sp³-hybridized carbons (Fsp3) is 0.333. The van der Waals surface area contributed by atoms with Crippen LogP contribution in [0.1, 0.15) is 0 Å². The van der Waals surface area contributed by atoms with E-state index in [1.165, 1.54) is 0 Å². The number of rotatable bonds is 3. The van der Waals surface area contributed by atoms with E-state index in [9.17, 15) is 0 Å². The summed E-state index contributed by atoms with van der Waals surface area (Å²) >= 11 is 5.78. The smallest absolute Gasteiger partial charge is 0.259 e. The molecule has 12 heavy (non-hydrogen) atoms. The molecule has 0 aliphatic carbocycles. The van der Waals surface area contributed by atoms with Gasteiger partial charge in [0.1, 0.15) is 5.75 Å². The van der Waals surface area contributed by atoms with Crippen LogP contribution in [0.5, 0.6) is 5.75 Å². The minimum absolute atomic E-state index is 0.627. The largest absolute Gasteiger partial charge is 0.543 e. The Balaban J connectivity index is 2.64. The van der Waals surface area contributed by atoms with Gasteiger partial charge in [0.15, 0.2) is 0 Å². The maximum atomic E-state index is 5.78. The van der Waals surface area contributed by atoms with Crippen LogP contribution in [0.25, 0.3) is 0 Å². The molecular formula is C9H13ClOSi. The van der Waals surface area contributed by atoms with Crippen molar-refractivity contribution >= 4 is 19.9 Å². The molecule has 0 amide bonds. The van der Waals surface area contributed by atoms with Crippen LogP contribution < -0.4 is 4.43 Å². The molecule has 0 aliphatic rings. The minimum Gasteiger partial charge on any atom is -0.543 e. The van der Waals surface area contributed by atoms with E-state index in [1.54, 1.807) is 0 Å². The van der Waals surface area contributed by atoms with Gasteiger partial charge in [-0.2, -0.15) is 0 Å². The molecule has 0 atom stereocenters. The molecule has 3 heteroatoms. The van der Waals surface area contributed by atoms with E-state index >= 15 is 0 Å². The Hall–Kier alpha value is -0.473. The molecule has 0 saturated carbocycles. The molecule has 0 saturated heterocycles. The molecule has 66 valence electrons. The van der Waals surface area contributed by atoms with Crippen molar-refractivity contribution in [3.63, 3.8) is 0 Å². The van der Waals surface area contributed by atoms with Gasteiger partial charge in [0.05, 0.1) is 5.50 Å². The predicted molar refractivity (Wildman–Crippen MR) is 55.3 cm³/mol. The van der Waals surface area contributed by atoms with E-state index < -0.39 is 8.32 Å². The first-order valence-corrected chi connectivity index (χ1v) is 7.59. The van der Waals surface area contributed by atoms with E-state index in [2.05, 4.69) is 13.1 Å². The Morgan fingerprint density at radius 2 is 1.83 bits per heavy atom. The predicted octanol–water partition coefficient (Wildman–Crippen LogP) is 3.05. The third-order valence-electron chi connectivity index (χ3n) is 1.46. The van der Waals surface area contributed by atoms with Gasteiger partial charge in [-0.05, 0) is 25.2 Å². The first kappa shape index (κ1) is 9.61. The van der Waals surface area contributed by atoms with Gasteiger partial charge in [-0.25, -0.2) is 0 Å². The van der Waals surface area contributed by atoms with Crippen molar-refractivity contribution in [2.24, 2.45) is 0 Å². The maximum absolute atomic E-state index is 5.78. The fourth-order valence-electron chi connectivity index (χ4n) is 0.835. The molecule has 0 aliphatic heterocycles. The average Bonchev–Trinajstić information content (AvgIpc) is 2.06. The van der Waals surface area contributed by atoms with Crippen LogP contribution in [0, 0.1) is 0 Å². The van der Waals surface area contributed by atoms with Crippen molar-refractivity contribution in [3.8, 4) is 5.75 Å². The van der Waals surface area contributed by atoms with Crippen LogP contribution in [0.4, 0.5) is 0 Å². The van der Waals surface area contributed by atoms with Gasteiger partial charge in [0.25, 0.3) is 8.32 Å². The molecule has 0 aromatic heterocycles. The highest BCUT2D eigenvalue weighted by Crippen LogP contribution is 2.15. The number of para-hydroxylation sites is 1. The fourth-order valence-corrected chi connectivity index (χ4v) is 1.83. The summed E-state index contributed by atoms with van der Waals surface area (Å²) in [7, 11) is -1.65. The van der Waals surface area contributed by atoms with Crippen LogP contribution in [-0.2, 0) is 0 Å². The summed E-state index contributed by atoms with van der Waals surface area (Å²) in [5.41, 5.74) is 0.627. The SMILES string of the molecule is C[Si](C)(CCl)Oc1ccccc1. The van der Waals surface area contributed by atoms with Crippen molar-refractivity contribution in [2.75, 3.05) is 5.50 Å². The van der Waals surface area contributed by atoms with Crippen LogP contribution >= 0.6 is 11.6 Å². The second-order valence-electron chi connectivity index (χ2n) is 3.31. The Morgan fingerprint density at radius 3 is 2.33 bits per heavy atom. The van der Waals surface area contributed by atoms with Gasteiger partial charge in [0, 0.05) is 0 Å². The van der Waals surface area contributed by atoms with E-state index in [0.29, 0.717) is 5.50 Å². The summed E-state index contributed by atoms with van der Waals surface area (Å²) in [5.74, 6) is 0.926. The van der Waals surface area contributed by atoms with Crippen LogP contribution in [0.3, 0.4) is 0 Å². The molecule has 1 aromatic rings. The van der Waals surface area contributed by atoms with Gasteiger partial charge >= 0.3 is 0 Å². The highest BCUT2D eigenvalue weighted by molar-refractivity contribution is 6.78. The van der Waals surface area contributed by atoms with Crippen molar-refractivity contribution in [1.29, 1.82) is 0 Å². The van der Waals surface area contributed by atoms with E-state index in [-0.39, 0.29) is 0 Å². The molecule has 0 fully saturated rings. The number of hydrogen-bond donors (Lipinski definition) is 0. The van der Waals surface area contributed by atoms with Gasteiger partial charge in [-0.15, -0.1) is 11.6 Å². The molecule has 0 heterocycles. The first-order chi connectivity index (χ1) is 5.64. The van der Waals surface area contributed by atoms with Crippen LogP contribution in [-0.4, -0.2) is 13.8 Å². The topological polar surface area (TPSA) is 9.23 Å². The summed E-state index contributed by atoms with van der Waals surface area (Å²) in [4.78, 5) is 0. The van der Waals surface area contributed by atoms with Gasteiger partial charge < -0.3 is 4.43 Å². The second-order valence-corrected chi connectivity index (χ2v) is 8.10. The van der Waals surface area contributed by atoms with Crippen molar-refractivity contribution < 1.29 is 4.43 Å². The highest BCUT2D eigenvalue weighted by atomic mass is 35.5. The van der Waals surface area contributed by atoms with E-state index in [4.69, 9.17) is 16.0 Å². The standard InChI is InChI=1S/C9H13ClOSi/c1-12(2,8-10)11-9-6-4-3-5-7-9/h3-7H,8H2,1-2H3. The molecule has 0 spiro atoms. The lowest BCUT2D eigenvalue weighted by molar-refractivity contribution is 0.556. The van der Waals surface area contributed by atoms with Crippen LogP contribution in [0.15, 0.2) is 30.3 Å². The lowest BCUT2D eigenvalue weighted by atomic mass is 10.3. The van der Waals surface area contributed by atoms with Crippen molar-refractivity contribution in [3.05, 3.63) is 30.3 Å². The Kier molecular flexibility index (Phi) is 3.17. The third-order valence-corrected chi connectivity index (χ3v) is 4.82. The quantitative estimate of drug-likeness (QED) is 0.539. The number of hydrogen-bond acceptors (Lipinski definition) is 1. The monoisotopic (exact) mass is 200 g/mol. The maximum Gasteiger partial charge on any atom is 0.259 e. The average molecular weight is 201 g/mol. The first-order valence-electron chi connectivity index (χ1n) is 3.94. The highest BCUT2D eigenvalue weighted by Gasteiger charge is 2.22. The van der Waals surface area contributed by atoms with Crippen molar-refractivity contribution in [2.45, 2.75) is 13.1 Å². The van der Waals surface area contributed by atoms with E-state index in [0.717, 1.165) is 5.75 Å². The minimum atomic E-state index is -1.65. The van der Waals surface area contributed by atoms with Gasteiger partial charge in [-0.1, -0.05) is 18.2 Å². The van der Waals surface area contributed by atoms with Gasteiger partial charge in [-0.3, -0.25) is 0 Å². The molecule has 0 radical (unpaired) electrons. The lowest BCUT2D eigenvalue weighted by Crippen LogP contribution is -2.36. The normalized spacial score (nSPS) is 11.2. The molecule has 0 N–H and O–H groups in total. The number of alkyl halides is 1. The Bertz CT molecular complexity index is 236. The Morgan fingerprint density at radius 1 is 1.25 bits per heavy atom. The van der Waals surface area contributed by atoms with Crippen molar-refractivity contribution in [1.82, 2.24) is 0 Å². The summed E-state index contributed by atoms with van der Waals surface area (Å²) < 4.78 is 5.76. The molecular weight excluding hydrogens is 188 g/mol.